The van der Waals surface area contributed by atoms with Crippen LogP contribution in [0.5, 0.6) is 0 Å². The van der Waals surface area contributed by atoms with E-state index in [2.05, 4.69) is 10.2 Å². The topological polar surface area (TPSA) is 35.5 Å². The highest BCUT2D eigenvalue weighted by molar-refractivity contribution is 5.57. The number of para-hydroxylation sites is 1. The normalized spacial score (nSPS) is 17.7. The number of halogens is 1. The van der Waals surface area contributed by atoms with Crippen LogP contribution < -0.4 is 10.2 Å². The second kappa shape index (κ2) is 7.76. The lowest BCUT2D eigenvalue weighted by Gasteiger charge is -2.37. The molecule has 1 saturated carbocycles. The molecule has 1 aliphatic rings. The molecule has 0 aliphatic heterocycles. The molecule has 4 heteroatoms. The van der Waals surface area contributed by atoms with E-state index in [0.717, 1.165) is 18.4 Å². The zero-order valence-electron chi connectivity index (χ0n) is 13.1. The van der Waals surface area contributed by atoms with Gasteiger partial charge < -0.3 is 15.3 Å². The number of hydrogen-bond acceptors (Lipinski definition) is 3. The van der Waals surface area contributed by atoms with E-state index >= 15 is 0 Å². The molecular weight excluding hydrogens is 267 g/mol. The third kappa shape index (κ3) is 3.74. The monoisotopic (exact) mass is 294 g/mol. The van der Waals surface area contributed by atoms with Gasteiger partial charge in [-0.3, -0.25) is 0 Å². The van der Waals surface area contributed by atoms with Gasteiger partial charge in [-0.25, -0.2) is 4.39 Å². The minimum atomic E-state index is -0.186. The maximum Gasteiger partial charge on any atom is 0.146 e. The first-order valence-corrected chi connectivity index (χ1v) is 8.02. The highest BCUT2D eigenvalue weighted by atomic mass is 19.1. The summed E-state index contributed by atoms with van der Waals surface area (Å²) >= 11 is 0. The second-order valence-corrected chi connectivity index (χ2v) is 5.90. The summed E-state index contributed by atoms with van der Waals surface area (Å²) in [6.07, 6.45) is 5.82. The molecule has 0 saturated heterocycles. The van der Waals surface area contributed by atoms with E-state index in [1.54, 1.807) is 6.07 Å². The Balaban J connectivity index is 2.38. The summed E-state index contributed by atoms with van der Waals surface area (Å²) in [5.41, 5.74) is 1.64. The molecular formula is C17H27FN2O. The van der Waals surface area contributed by atoms with Crippen LogP contribution in [0.3, 0.4) is 0 Å². The molecule has 0 amide bonds. The van der Waals surface area contributed by atoms with E-state index in [1.165, 1.54) is 25.3 Å². The maximum atomic E-state index is 14.5. The fourth-order valence-corrected chi connectivity index (χ4v) is 3.32. The van der Waals surface area contributed by atoms with E-state index in [-0.39, 0.29) is 18.5 Å². The molecule has 2 N–H and O–H groups in total. The van der Waals surface area contributed by atoms with Crippen LogP contribution in [0.25, 0.3) is 0 Å². The minimum absolute atomic E-state index is 0.0538. The molecule has 0 aromatic heterocycles. The lowest BCUT2D eigenvalue weighted by Crippen LogP contribution is -2.40. The predicted molar refractivity (Wildman–Crippen MR) is 85.2 cm³/mol. The molecule has 1 aliphatic carbocycles. The lowest BCUT2D eigenvalue weighted by molar-refractivity contribution is 0.289. The van der Waals surface area contributed by atoms with Crippen molar-refractivity contribution in [1.82, 2.24) is 5.32 Å². The fourth-order valence-electron chi connectivity index (χ4n) is 3.32. The molecule has 0 heterocycles. The molecule has 1 unspecified atom stereocenters. The summed E-state index contributed by atoms with van der Waals surface area (Å²) in [4.78, 5) is 2.09. The van der Waals surface area contributed by atoms with Gasteiger partial charge in [-0.05, 0) is 38.4 Å². The number of aliphatic hydroxyl groups is 1. The molecule has 0 radical (unpaired) electrons. The van der Waals surface area contributed by atoms with E-state index in [9.17, 15) is 9.50 Å². The van der Waals surface area contributed by atoms with Crippen LogP contribution in [0.4, 0.5) is 10.1 Å². The van der Waals surface area contributed by atoms with Crippen LogP contribution in [0.2, 0.25) is 0 Å². The average molecular weight is 294 g/mol. The Kier molecular flexibility index (Phi) is 6.00. The summed E-state index contributed by atoms with van der Waals surface area (Å²) in [5, 5.41) is 12.6. The third-order valence-corrected chi connectivity index (χ3v) is 4.56. The molecule has 1 atom stereocenters. The van der Waals surface area contributed by atoms with Gasteiger partial charge in [0.15, 0.2) is 0 Å². The molecule has 1 aromatic carbocycles. The van der Waals surface area contributed by atoms with Gasteiger partial charge in [0, 0.05) is 18.6 Å². The van der Waals surface area contributed by atoms with E-state index in [1.807, 2.05) is 20.0 Å². The van der Waals surface area contributed by atoms with Gasteiger partial charge in [0.1, 0.15) is 5.82 Å². The van der Waals surface area contributed by atoms with Gasteiger partial charge in [-0.15, -0.1) is 0 Å². The highest BCUT2D eigenvalue weighted by Gasteiger charge is 2.26. The van der Waals surface area contributed by atoms with Crippen LogP contribution in [0, 0.1) is 5.82 Å². The van der Waals surface area contributed by atoms with Gasteiger partial charge in [0.05, 0.1) is 12.3 Å². The van der Waals surface area contributed by atoms with Crippen molar-refractivity contribution >= 4 is 5.69 Å². The Morgan fingerprint density at radius 2 is 2.05 bits per heavy atom. The first-order valence-electron chi connectivity index (χ1n) is 8.02. The summed E-state index contributed by atoms with van der Waals surface area (Å²) < 4.78 is 14.5. The molecule has 2 rings (SSSR count). The number of rotatable bonds is 6. The van der Waals surface area contributed by atoms with Crippen LogP contribution in [0.15, 0.2) is 18.2 Å². The van der Waals surface area contributed by atoms with Crippen LogP contribution in [-0.4, -0.2) is 31.3 Å². The zero-order valence-corrected chi connectivity index (χ0v) is 13.1. The molecule has 0 spiro atoms. The third-order valence-electron chi connectivity index (χ3n) is 4.56. The Bertz CT molecular complexity index is 446. The Morgan fingerprint density at radius 1 is 1.33 bits per heavy atom. The van der Waals surface area contributed by atoms with E-state index in [4.69, 9.17) is 0 Å². The summed E-state index contributed by atoms with van der Waals surface area (Å²) in [7, 11) is 1.89. The SMILES string of the molecule is CNC(C)c1cccc(F)c1N(CCO)C1CCCCC1. The van der Waals surface area contributed by atoms with Gasteiger partial charge in [-0.2, -0.15) is 0 Å². The van der Waals surface area contributed by atoms with Crippen molar-refractivity contribution in [3.05, 3.63) is 29.6 Å². The molecule has 21 heavy (non-hydrogen) atoms. The van der Waals surface area contributed by atoms with Crippen molar-refractivity contribution in [2.75, 3.05) is 25.1 Å². The number of aliphatic hydroxyl groups excluding tert-OH is 1. The molecule has 118 valence electrons. The number of anilines is 1. The van der Waals surface area contributed by atoms with Gasteiger partial charge >= 0.3 is 0 Å². The standard InChI is InChI=1S/C17H27FN2O/c1-13(19-2)15-9-6-10-16(18)17(15)20(11-12-21)14-7-4-3-5-8-14/h6,9-10,13-14,19,21H,3-5,7-8,11-12H2,1-2H3. The second-order valence-electron chi connectivity index (χ2n) is 5.90. The molecule has 0 bridgehead atoms. The van der Waals surface area contributed by atoms with Crippen molar-refractivity contribution in [3.63, 3.8) is 0 Å². The van der Waals surface area contributed by atoms with Gasteiger partial charge in [0.25, 0.3) is 0 Å². The summed E-state index contributed by atoms with van der Waals surface area (Å²) in [6.45, 7) is 2.59. The first-order chi connectivity index (χ1) is 10.2. The lowest BCUT2D eigenvalue weighted by atomic mass is 9.92. The Morgan fingerprint density at radius 3 is 2.67 bits per heavy atom. The molecule has 1 aromatic rings. The van der Waals surface area contributed by atoms with Crippen molar-refractivity contribution in [2.24, 2.45) is 0 Å². The Hall–Kier alpha value is -1.13. The van der Waals surface area contributed by atoms with E-state index < -0.39 is 0 Å². The minimum Gasteiger partial charge on any atom is -0.395 e. The molecule has 3 nitrogen and oxygen atoms in total. The zero-order chi connectivity index (χ0) is 15.2. The summed E-state index contributed by atoms with van der Waals surface area (Å²) in [6, 6.07) is 5.69. The van der Waals surface area contributed by atoms with Crippen molar-refractivity contribution in [1.29, 1.82) is 0 Å². The van der Waals surface area contributed by atoms with Gasteiger partial charge in [0.2, 0.25) is 0 Å². The average Bonchev–Trinajstić information content (AvgIpc) is 2.53. The number of hydrogen-bond donors (Lipinski definition) is 2. The Labute approximate surface area is 127 Å². The first kappa shape index (κ1) is 16.2. The van der Waals surface area contributed by atoms with Gasteiger partial charge in [-0.1, -0.05) is 31.4 Å². The van der Waals surface area contributed by atoms with Crippen LogP contribution in [-0.2, 0) is 0 Å². The number of nitrogens with zero attached hydrogens (tertiary/aromatic N) is 1. The van der Waals surface area contributed by atoms with Crippen LogP contribution >= 0.6 is 0 Å². The fraction of sp³-hybridized carbons (Fsp3) is 0.647. The van der Waals surface area contributed by atoms with Crippen LogP contribution in [0.1, 0.15) is 50.6 Å². The largest absolute Gasteiger partial charge is 0.395 e. The van der Waals surface area contributed by atoms with Crippen molar-refractivity contribution in [2.45, 2.75) is 51.1 Å². The summed E-state index contributed by atoms with van der Waals surface area (Å²) in [5.74, 6) is -0.186. The maximum absolute atomic E-state index is 14.5. The smallest absolute Gasteiger partial charge is 0.146 e. The van der Waals surface area contributed by atoms with Crippen molar-refractivity contribution < 1.29 is 9.50 Å². The highest BCUT2D eigenvalue weighted by Crippen LogP contribution is 2.34. The molecule has 1 fully saturated rings. The number of benzene rings is 1. The quantitative estimate of drug-likeness (QED) is 0.845. The number of nitrogens with one attached hydrogen (secondary N) is 1. The van der Waals surface area contributed by atoms with Crippen molar-refractivity contribution in [3.8, 4) is 0 Å². The van der Waals surface area contributed by atoms with E-state index in [0.29, 0.717) is 18.3 Å². The predicted octanol–water partition coefficient (Wildman–Crippen LogP) is 3.24.